The zero-order valence-electron chi connectivity index (χ0n) is 13.2. The minimum atomic E-state index is -0.510. The second kappa shape index (κ2) is 6.48. The molecule has 0 saturated carbocycles. The summed E-state index contributed by atoms with van der Waals surface area (Å²) in [5.74, 6) is 1.20. The zero-order valence-corrected chi connectivity index (χ0v) is 13.2. The number of rotatable bonds is 5. The first-order valence-corrected chi connectivity index (χ1v) is 7.66. The molecule has 4 nitrogen and oxygen atoms in total. The molecule has 1 aromatic carbocycles. The maximum Gasteiger partial charge on any atom is 0.255 e. The van der Waals surface area contributed by atoms with Crippen LogP contribution in [0.2, 0.25) is 0 Å². The van der Waals surface area contributed by atoms with Crippen molar-refractivity contribution < 1.29 is 14.6 Å². The molecule has 1 heterocycles. The molecule has 0 radical (unpaired) electrons. The number of benzene rings is 1. The number of para-hydroxylation sites is 1. The van der Waals surface area contributed by atoms with E-state index in [-0.39, 0.29) is 18.6 Å². The molecule has 4 heteroatoms. The lowest BCUT2D eigenvalue weighted by atomic mass is 9.97. The third-order valence-electron chi connectivity index (χ3n) is 4.03. The van der Waals surface area contributed by atoms with Crippen LogP contribution in [0.4, 0.5) is 0 Å². The Hall–Kier alpha value is -1.55. The summed E-state index contributed by atoms with van der Waals surface area (Å²) >= 11 is 0. The average Bonchev–Trinajstić information content (AvgIpc) is 2.71. The molecule has 0 aliphatic carbocycles. The summed E-state index contributed by atoms with van der Waals surface area (Å²) < 4.78 is 5.82. The molecular formula is C17H25NO3. The molecule has 0 bridgehead atoms. The fourth-order valence-corrected chi connectivity index (χ4v) is 2.70. The topological polar surface area (TPSA) is 58.6 Å². The van der Waals surface area contributed by atoms with Crippen molar-refractivity contribution in [2.24, 2.45) is 5.92 Å². The van der Waals surface area contributed by atoms with Crippen LogP contribution in [0.25, 0.3) is 0 Å². The monoisotopic (exact) mass is 291 g/mol. The van der Waals surface area contributed by atoms with Crippen LogP contribution in [-0.2, 0) is 0 Å². The second-order valence-corrected chi connectivity index (χ2v) is 6.33. The second-order valence-electron chi connectivity index (χ2n) is 6.33. The lowest BCUT2D eigenvalue weighted by Gasteiger charge is -2.15. The Kier molecular flexibility index (Phi) is 4.88. The SMILES string of the molecule is CC(C)CC(O)CNC(=O)c1cccc2c1OC(C)C2C. The van der Waals surface area contributed by atoms with Crippen molar-refractivity contribution in [1.29, 1.82) is 0 Å². The molecule has 3 atom stereocenters. The lowest BCUT2D eigenvalue weighted by Crippen LogP contribution is -2.33. The molecule has 0 fully saturated rings. The van der Waals surface area contributed by atoms with Gasteiger partial charge in [0, 0.05) is 18.0 Å². The van der Waals surface area contributed by atoms with Crippen LogP contribution >= 0.6 is 0 Å². The van der Waals surface area contributed by atoms with Crippen molar-refractivity contribution >= 4 is 5.91 Å². The zero-order chi connectivity index (χ0) is 15.6. The maximum absolute atomic E-state index is 12.3. The van der Waals surface area contributed by atoms with Crippen LogP contribution in [0.15, 0.2) is 18.2 Å². The number of aliphatic hydroxyl groups excluding tert-OH is 1. The van der Waals surface area contributed by atoms with Crippen LogP contribution in [0.5, 0.6) is 5.75 Å². The van der Waals surface area contributed by atoms with Crippen molar-refractivity contribution in [3.63, 3.8) is 0 Å². The standard InChI is InChI=1S/C17H25NO3/c1-10(2)8-13(19)9-18-17(20)15-7-5-6-14-11(3)12(4)21-16(14)15/h5-7,10-13,19H,8-9H2,1-4H3,(H,18,20). The smallest absolute Gasteiger partial charge is 0.255 e. The molecule has 1 amide bonds. The van der Waals surface area contributed by atoms with Gasteiger partial charge in [-0.3, -0.25) is 4.79 Å². The van der Waals surface area contributed by atoms with E-state index in [1.165, 1.54) is 0 Å². The quantitative estimate of drug-likeness (QED) is 0.877. The van der Waals surface area contributed by atoms with Gasteiger partial charge in [-0.05, 0) is 25.3 Å². The number of hydrogen-bond donors (Lipinski definition) is 2. The molecule has 0 saturated heterocycles. The normalized spacial score (nSPS) is 21.8. The molecule has 1 aliphatic heterocycles. The van der Waals surface area contributed by atoms with E-state index in [1.54, 1.807) is 6.07 Å². The Morgan fingerprint density at radius 1 is 1.38 bits per heavy atom. The molecule has 1 aliphatic rings. The van der Waals surface area contributed by atoms with Crippen LogP contribution in [0.3, 0.4) is 0 Å². The highest BCUT2D eigenvalue weighted by Gasteiger charge is 2.31. The van der Waals surface area contributed by atoms with E-state index in [2.05, 4.69) is 12.2 Å². The van der Waals surface area contributed by atoms with Gasteiger partial charge in [-0.2, -0.15) is 0 Å². The molecular weight excluding hydrogens is 266 g/mol. The fourth-order valence-electron chi connectivity index (χ4n) is 2.70. The minimum Gasteiger partial charge on any atom is -0.489 e. The van der Waals surface area contributed by atoms with Gasteiger partial charge in [0.1, 0.15) is 11.9 Å². The Balaban J connectivity index is 2.05. The lowest BCUT2D eigenvalue weighted by molar-refractivity contribution is 0.0895. The highest BCUT2D eigenvalue weighted by molar-refractivity contribution is 5.97. The molecule has 0 spiro atoms. The molecule has 2 rings (SSSR count). The maximum atomic E-state index is 12.3. The Labute approximate surface area is 126 Å². The number of aliphatic hydroxyl groups is 1. The molecule has 2 N–H and O–H groups in total. The van der Waals surface area contributed by atoms with Crippen LogP contribution in [0.1, 0.15) is 56.0 Å². The fraction of sp³-hybridized carbons (Fsp3) is 0.588. The van der Waals surface area contributed by atoms with Gasteiger partial charge in [-0.25, -0.2) is 0 Å². The summed E-state index contributed by atoms with van der Waals surface area (Å²) in [5.41, 5.74) is 1.64. The molecule has 116 valence electrons. The Morgan fingerprint density at radius 2 is 2.10 bits per heavy atom. The first kappa shape index (κ1) is 15.8. The van der Waals surface area contributed by atoms with Crippen molar-refractivity contribution in [3.05, 3.63) is 29.3 Å². The predicted molar refractivity (Wildman–Crippen MR) is 82.7 cm³/mol. The van der Waals surface area contributed by atoms with Crippen molar-refractivity contribution in [2.75, 3.05) is 6.54 Å². The number of fused-ring (bicyclic) bond motifs is 1. The van der Waals surface area contributed by atoms with Gasteiger partial charge < -0.3 is 15.2 Å². The first-order valence-electron chi connectivity index (χ1n) is 7.66. The summed E-state index contributed by atoms with van der Waals surface area (Å²) in [6.07, 6.45) is 0.252. The highest BCUT2D eigenvalue weighted by atomic mass is 16.5. The van der Waals surface area contributed by atoms with E-state index in [0.29, 0.717) is 29.6 Å². The predicted octanol–water partition coefficient (Wildman–Crippen LogP) is 2.71. The Morgan fingerprint density at radius 3 is 2.76 bits per heavy atom. The van der Waals surface area contributed by atoms with Gasteiger partial charge in [0.15, 0.2) is 0 Å². The first-order chi connectivity index (χ1) is 9.90. The summed E-state index contributed by atoms with van der Waals surface area (Å²) in [4.78, 5) is 12.3. The number of carbonyl (C=O) groups excluding carboxylic acids is 1. The third kappa shape index (κ3) is 3.56. The van der Waals surface area contributed by atoms with Gasteiger partial charge in [0.2, 0.25) is 0 Å². The highest BCUT2D eigenvalue weighted by Crippen LogP contribution is 2.40. The van der Waals surface area contributed by atoms with E-state index < -0.39 is 6.10 Å². The number of ether oxygens (including phenoxy) is 1. The van der Waals surface area contributed by atoms with E-state index in [0.717, 1.165) is 5.56 Å². The summed E-state index contributed by atoms with van der Waals surface area (Å²) in [6, 6.07) is 5.66. The van der Waals surface area contributed by atoms with E-state index in [9.17, 15) is 9.90 Å². The van der Waals surface area contributed by atoms with Gasteiger partial charge in [0.25, 0.3) is 5.91 Å². The van der Waals surface area contributed by atoms with Crippen LogP contribution < -0.4 is 10.1 Å². The van der Waals surface area contributed by atoms with Gasteiger partial charge in [0.05, 0.1) is 11.7 Å². The minimum absolute atomic E-state index is 0.0838. The number of nitrogens with one attached hydrogen (secondary N) is 1. The molecule has 0 aromatic heterocycles. The van der Waals surface area contributed by atoms with Crippen molar-refractivity contribution in [2.45, 2.75) is 52.2 Å². The Bertz CT molecular complexity index is 513. The van der Waals surface area contributed by atoms with E-state index in [1.807, 2.05) is 32.9 Å². The van der Waals surface area contributed by atoms with E-state index in [4.69, 9.17) is 4.74 Å². The van der Waals surface area contributed by atoms with Crippen molar-refractivity contribution in [3.8, 4) is 5.75 Å². The number of hydrogen-bond acceptors (Lipinski definition) is 3. The van der Waals surface area contributed by atoms with E-state index >= 15 is 0 Å². The number of carbonyl (C=O) groups is 1. The van der Waals surface area contributed by atoms with Gasteiger partial charge in [-0.1, -0.05) is 32.9 Å². The summed E-state index contributed by atoms with van der Waals surface area (Å²) in [5, 5.41) is 12.6. The summed E-state index contributed by atoms with van der Waals surface area (Å²) in [7, 11) is 0. The van der Waals surface area contributed by atoms with Crippen LogP contribution in [-0.4, -0.2) is 29.8 Å². The largest absolute Gasteiger partial charge is 0.489 e. The molecule has 1 aromatic rings. The van der Waals surface area contributed by atoms with Gasteiger partial charge in [-0.15, -0.1) is 0 Å². The summed E-state index contributed by atoms with van der Waals surface area (Å²) in [6.45, 7) is 8.48. The molecule has 21 heavy (non-hydrogen) atoms. The average molecular weight is 291 g/mol. The van der Waals surface area contributed by atoms with Gasteiger partial charge >= 0.3 is 0 Å². The molecule has 3 unspecified atom stereocenters. The van der Waals surface area contributed by atoms with Crippen LogP contribution in [0, 0.1) is 5.92 Å². The third-order valence-corrected chi connectivity index (χ3v) is 4.03. The number of amides is 1. The van der Waals surface area contributed by atoms with Crippen molar-refractivity contribution in [1.82, 2.24) is 5.32 Å².